The van der Waals surface area contributed by atoms with Crippen molar-refractivity contribution in [3.8, 4) is 135 Å². The molecule has 0 aliphatic rings. The topological polar surface area (TPSA) is 61.4 Å². The third-order valence-corrected chi connectivity index (χ3v) is 27.6. The van der Waals surface area contributed by atoms with Crippen LogP contribution in [0.2, 0.25) is 0 Å². The van der Waals surface area contributed by atoms with Crippen molar-refractivity contribution in [1.29, 1.82) is 0 Å². The largest absolute Gasteiger partial charge is 0.309 e. The molecule has 0 fully saturated rings. The van der Waals surface area contributed by atoms with E-state index in [2.05, 4.69) is 507 Å². The number of nitrogens with zero attached hydrogens (tertiary/aromatic N) is 6. The van der Waals surface area contributed by atoms with Crippen LogP contribution in [-0.4, -0.2) is 29.1 Å². The maximum atomic E-state index is 5.49. The molecule has 0 atom stereocenters. The van der Waals surface area contributed by atoms with Crippen LogP contribution in [0.15, 0.2) is 497 Å². The summed E-state index contributed by atoms with van der Waals surface area (Å²) in [6, 6.07) is 179. The third kappa shape index (κ3) is 13.6. The normalized spacial score (nSPS) is 11.7. The Bertz CT molecular complexity index is 9230. The molecule has 0 N–H and O–H groups in total. The summed E-state index contributed by atoms with van der Waals surface area (Å²) in [6.45, 7) is 0. The molecule has 27 aromatic rings. The Hall–Kier alpha value is -18.1. The van der Waals surface area contributed by atoms with Gasteiger partial charge in [0.2, 0.25) is 0 Å². The first-order valence-corrected chi connectivity index (χ1v) is 46.5. The molecular formula is C130H82N6. The highest BCUT2D eigenvalue weighted by Gasteiger charge is 2.27. The van der Waals surface area contributed by atoms with Crippen molar-refractivity contribution >= 4 is 130 Å². The second kappa shape index (κ2) is 33.1. The summed E-state index contributed by atoms with van der Waals surface area (Å²) >= 11 is 0. The molecule has 4 heterocycles. The molecule has 0 amide bonds. The molecule has 0 spiro atoms. The number of hydrogen-bond acceptors (Lipinski definition) is 4. The minimum absolute atomic E-state index is 0.694. The van der Waals surface area contributed by atoms with E-state index in [1.54, 1.807) is 0 Å². The van der Waals surface area contributed by atoms with Crippen LogP contribution in [0.3, 0.4) is 0 Å². The molecule has 0 unspecified atom stereocenters. The van der Waals surface area contributed by atoms with Crippen molar-refractivity contribution in [2.45, 2.75) is 0 Å². The highest BCUT2D eigenvalue weighted by Crippen LogP contribution is 2.50. The fraction of sp³-hybridized carbons (Fsp3) is 0. The number of para-hydroxylation sites is 2. The van der Waals surface area contributed by atoms with Crippen molar-refractivity contribution in [3.63, 3.8) is 0 Å². The molecule has 632 valence electrons. The highest BCUT2D eigenvalue weighted by molar-refractivity contribution is 6.33. The summed E-state index contributed by atoms with van der Waals surface area (Å²) in [7, 11) is 0. The van der Waals surface area contributed by atoms with Gasteiger partial charge in [-0.2, -0.15) is 0 Å². The Morgan fingerprint density at radius 1 is 0.147 bits per heavy atom. The first-order chi connectivity index (χ1) is 67.5. The van der Waals surface area contributed by atoms with Crippen LogP contribution < -0.4 is 0 Å². The van der Waals surface area contributed by atoms with Crippen LogP contribution in [0.5, 0.6) is 0 Å². The van der Waals surface area contributed by atoms with Gasteiger partial charge in [-0.1, -0.05) is 419 Å². The van der Waals surface area contributed by atoms with Gasteiger partial charge in [-0.05, 0) is 216 Å². The Kier molecular flexibility index (Phi) is 19.2. The van der Waals surface area contributed by atoms with Crippen molar-refractivity contribution in [2.75, 3.05) is 0 Å². The van der Waals surface area contributed by atoms with E-state index in [0.29, 0.717) is 11.6 Å². The number of hydrogen-bond donors (Lipinski definition) is 0. The van der Waals surface area contributed by atoms with Crippen molar-refractivity contribution in [1.82, 2.24) is 29.1 Å². The van der Waals surface area contributed by atoms with Gasteiger partial charge in [0.15, 0.2) is 11.6 Å². The van der Waals surface area contributed by atoms with E-state index in [9.17, 15) is 0 Å². The SMILES string of the molecule is c1ccc(-c2cc(-c3ccccc3)cc(-c3ccc(-c4nc(-c5ccc(-n6c7ccc8ccccc8c7c7c8ccccc8c(-c8ccccc8)cc76)c6ccccc56)nc5ccccc45)cc3)c2)cc1.c1ccc(-c2ccc(-c3nc(-c4cccc5cc(-n6c7cc(-c8ccccc8)c8ccccc8c7c7c8ccccc8c(-c8ccccc8)cc76)ccc45)nc4ccccc34)cc2)cc1. The van der Waals surface area contributed by atoms with Gasteiger partial charge in [-0.3, -0.25) is 0 Å². The Balaban J connectivity index is 0.000000142. The molecular weight excluding hydrogens is 1650 g/mol. The lowest BCUT2D eigenvalue weighted by Gasteiger charge is -2.16. The molecule has 0 aliphatic carbocycles. The number of aromatic nitrogens is 6. The molecule has 4 aromatic heterocycles. The molecule has 0 aliphatic heterocycles. The van der Waals surface area contributed by atoms with Gasteiger partial charge in [0.1, 0.15) is 0 Å². The van der Waals surface area contributed by atoms with E-state index in [1.807, 2.05) is 0 Å². The van der Waals surface area contributed by atoms with Gasteiger partial charge in [0.25, 0.3) is 0 Å². The average molecular weight is 1730 g/mol. The molecule has 0 radical (unpaired) electrons. The van der Waals surface area contributed by atoms with E-state index in [0.717, 1.165) is 99.5 Å². The molecule has 27 rings (SSSR count). The predicted octanol–water partition coefficient (Wildman–Crippen LogP) is 34.7. The molecule has 136 heavy (non-hydrogen) atoms. The van der Waals surface area contributed by atoms with E-state index in [4.69, 9.17) is 19.9 Å². The third-order valence-electron chi connectivity index (χ3n) is 27.6. The summed E-state index contributed by atoms with van der Waals surface area (Å²) in [5, 5.41) is 21.4. The minimum Gasteiger partial charge on any atom is -0.309 e. The quantitative estimate of drug-likeness (QED) is 0.115. The van der Waals surface area contributed by atoms with Crippen molar-refractivity contribution in [3.05, 3.63) is 497 Å². The van der Waals surface area contributed by atoms with E-state index in [-0.39, 0.29) is 0 Å². The highest BCUT2D eigenvalue weighted by atomic mass is 15.0. The predicted molar refractivity (Wildman–Crippen MR) is 573 cm³/mol. The summed E-state index contributed by atoms with van der Waals surface area (Å²) in [4.78, 5) is 21.4. The number of rotatable bonds is 13. The van der Waals surface area contributed by atoms with Gasteiger partial charge in [-0.15, -0.1) is 0 Å². The van der Waals surface area contributed by atoms with Gasteiger partial charge >= 0.3 is 0 Å². The van der Waals surface area contributed by atoms with E-state index >= 15 is 0 Å². The summed E-state index contributed by atoms with van der Waals surface area (Å²) in [5.74, 6) is 1.40. The first kappa shape index (κ1) is 78.9. The monoisotopic (exact) mass is 1730 g/mol. The van der Waals surface area contributed by atoms with Crippen LogP contribution in [0, 0.1) is 0 Å². The van der Waals surface area contributed by atoms with E-state index in [1.165, 1.54) is 153 Å². The zero-order valence-electron chi connectivity index (χ0n) is 74.0. The lowest BCUT2D eigenvalue weighted by molar-refractivity contribution is 1.19. The van der Waals surface area contributed by atoms with Gasteiger partial charge in [0, 0.05) is 65.6 Å². The molecule has 0 saturated heterocycles. The van der Waals surface area contributed by atoms with Crippen LogP contribution in [0.1, 0.15) is 0 Å². The van der Waals surface area contributed by atoms with Gasteiger partial charge in [0.05, 0.1) is 50.2 Å². The van der Waals surface area contributed by atoms with Gasteiger partial charge in [-0.25, -0.2) is 19.9 Å². The standard InChI is InChI=1S/C68H43N3.C62H39N3/c1-4-18-44(19-5-1)50-40-51(45-20-6-2-7-21-45)42-52(41-50)46-32-34-49(35-33-46)67-59-30-16-17-31-61(59)69-68(70-67)58-37-39-62(56-28-14-12-26-54(56)58)71-63-38-36-48-24-10-11-25-53(48)65(63)66-57-29-15-13-27-55(57)60(43-64(66)71)47-22-8-3-9-23-47;1-4-17-40(18-5-1)41-31-33-44(34-32-41)61-53-28-14-15-30-56(53)63-62(64-61)52-29-16-23-45-37-46(35-36-47(45)52)65-57-38-54(42-19-6-2-7-20-42)48-24-10-12-26-50(48)59(57)60-51-27-13-11-25-49(51)55(39-58(60)65)43-21-8-3-9-22-43/h1-43H;1-39H. The minimum atomic E-state index is 0.694. The lowest BCUT2D eigenvalue weighted by atomic mass is 9.92. The second-order valence-electron chi connectivity index (χ2n) is 35.3. The van der Waals surface area contributed by atoms with Crippen molar-refractivity contribution < 1.29 is 0 Å². The molecule has 6 heteroatoms. The molecule has 0 bridgehead atoms. The summed E-state index contributed by atoms with van der Waals surface area (Å²) in [5.41, 5.74) is 31.3. The average Bonchev–Trinajstić information content (AvgIpc) is 1.55. The molecule has 6 nitrogen and oxygen atoms in total. The van der Waals surface area contributed by atoms with Crippen LogP contribution >= 0.6 is 0 Å². The Morgan fingerprint density at radius 3 is 0.919 bits per heavy atom. The number of benzene rings is 23. The fourth-order valence-electron chi connectivity index (χ4n) is 21.2. The fourth-order valence-corrected chi connectivity index (χ4v) is 21.2. The number of fused-ring (bicyclic) bond motifs is 18. The van der Waals surface area contributed by atoms with Gasteiger partial charge < -0.3 is 9.13 Å². The Morgan fingerprint density at radius 2 is 0.471 bits per heavy atom. The van der Waals surface area contributed by atoms with Crippen LogP contribution in [0.25, 0.3) is 265 Å². The van der Waals surface area contributed by atoms with E-state index < -0.39 is 0 Å². The lowest BCUT2D eigenvalue weighted by Crippen LogP contribution is -1.99. The molecule has 23 aromatic carbocycles. The maximum Gasteiger partial charge on any atom is 0.161 e. The smallest absolute Gasteiger partial charge is 0.161 e. The first-order valence-electron chi connectivity index (χ1n) is 46.5. The maximum absolute atomic E-state index is 5.49. The van der Waals surface area contributed by atoms with Crippen molar-refractivity contribution in [2.24, 2.45) is 0 Å². The molecule has 0 saturated carbocycles. The Labute approximate surface area is 785 Å². The zero-order valence-corrected chi connectivity index (χ0v) is 74.0. The zero-order chi connectivity index (χ0) is 89.7. The van der Waals surface area contributed by atoms with Crippen LogP contribution in [-0.2, 0) is 0 Å². The second-order valence-corrected chi connectivity index (χ2v) is 35.3. The summed E-state index contributed by atoms with van der Waals surface area (Å²) in [6.07, 6.45) is 0. The van der Waals surface area contributed by atoms with Crippen LogP contribution in [0.4, 0.5) is 0 Å². The summed E-state index contributed by atoms with van der Waals surface area (Å²) < 4.78 is 4.99.